The van der Waals surface area contributed by atoms with E-state index in [1.165, 1.54) is 13.2 Å². The molecule has 1 atom stereocenters. The van der Waals surface area contributed by atoms with Gasteiger partial charge in [0.1, 0.15) is 0 Å². The van der Waals surface area contributed by atoms with Crippen molar-refractivity contribution in [3.63, 3.8) is 0 Å². The van der Waals surface area contributed by atoms with E-state index >= 15 is 0 Å². The molecule has 0 fully saturated rings. The average molecular weight is 298 g/mol. The summed E-state index contributed by atoms with van der Waals surface area (Å²) in [6.45, 7) is 0.0679. The highest BCUT2D eigenvalue weighted by atomic mass is 32.2. The molecule has 0 radical (unpaired) electrons. The number of sulfonamides is 1. The fraction of sp³-hybridized carbons (Fsp3) is 0.462. The minimum absolute atomic E-state index is 0.125. The summed E-state index contributed by atoms with van der Waals surface area (Å²) in [5.74, 6) is -0.214. The van der Waals surface area contributed by atoms with Crippen molar-refractivity contribution in [2.24, 2.45) is 0 Å². The summed E-state index contributed by atoms with van der Waals surface area (Å²) in [4.78, 5) is 0. The molecule has 110 valence electrons. The lowest BCUT2D eigenvalue weighted by atomic mass is 10.2. The van der Waals surface area contributed by atoms with E-state index in [2.05, 4.69) is 4.72 Å². The maximum Gasteiger partial charge on any atom is 0.216 e. The van der Waals surface area contributed by atoms with Crippen LogP contribution in [0.25, 0.3) is 0 Å². The predicted molar refractivity (Wildman–Crippen MR) is 74.3 cm³/mol. The average Bonchev–Trinajstić information content (AvgIpc) is 2.38. The molecule has 0 heterocycles. The molecular weight excluding hydrogens is 280 g/mol. The van der Waals surface area contributed by atoms with Gasteiger partial charge in [-0.2, -0.15) is 5.26 Å². The number of benzene rings is 1. The molecule has 0 aliphatic rings. The van der Waals surface area contributed by atoms with Gasteiger partial charge in [-0.3, -0.25) is 0 Å². The van der Waals surface area contributed by atoms with Crippen molar-refractivity contribution in [2.45, 2.75) is 18.2 Å². The van der Waals surface area contributed by atoms with E-state index in [9.17, 15) is 8.42 Å². The zero-order valence-electron chi connectivity index (χ0n) is 11.2. The Morgan fingerprint density at radius 3 is 2.85 bits per heavy atom. The molecule has 0 spiro atoms. The predicted octanol–water partition coefficient (Wildman–Crippen LogP) is 0.375. The highest BCUT2D eigenvalue weighted by Gasteiger charge is 2.18. The van der Waals surface area contributed by atoms with Crippen LogP contribution in [0.2, 0.25) is 0 Å². The molecule has 0 aromatic heterocycles. The lowest BCUT2D eigenvalue weighted by Gasteiger charge is -2.17. The number of rotatable bonds is 8. The molecule has 1 unspecified atom stereocenters. The van der Waals surface area contributed by atoms with Crippen molar-refractivity contribution in [2.75, 3.05) is 20.3 Å². The van der Waals surface area contributed by atoms with Crippen LogP contribution in [0.4, 0.5) is 0 Å². The fourth-order valence-electron chi connectivity index (χ4n) is 1.78. The molecule has 1 rings (SSSR count). The van der Waals surface area contributed by atoms with Crippen LogP contribution in [0.3, 0.4) is 0 Å². The Morgan fingerprint density at radius 2 is 2.25 bits per heavy atom. The van der Waals surface area contributed by atoms with Gasteiger partial charge in [-0.25, -0.2) is 13.1 Å². The normalized spacial score (nSPS) is 12.8. The minimum atomic E-state index is -3.55. The molecule has 6 nitrogen and oxygen atoms in total. The molecular formula is C13H18N2O4S. The second kappa shape index (κ2) is 7.97. The van der Waals surface area contributed by atoms with Gasteiger partial charge in [0.25, 0.3) is 0 Å². The highest BCUT2D eigenvalue weighted by molar-refractivity contribution is 7.88. The van der Waals surface area contributed by atoms with Crippen molar-refractivity contribution < 1.29 is 18.3 Å². The van der Waals surface area contributed by atoms with Crippen molar-refractivity contribution in [1.82, 2.24) is 4.72 Å². The molecule has 1 aromatic carbocycles. The van der Waals surface area contributed by atoms with E-state index in [-0.39, 0.29) is 25.4 Å². The SMILES string of the molecule is COCC(CCO)NS(=O)(=O)Cc1cccc(C#N)c1. The van der Waals surface area contributed by atoms with Crippen molar-refractivity contribution in [3.05, 3.63) is 35.4 Å². The number of hydrogen-bond acceptors (Lipinski definition) is 5. The molecule has 0 aliphatic heterocycles. The van der Waals surface area contributed by atoms with Gasteiger partial charge in [0.15, 0.2) is 0 Å². The Balaban J connectivity index is 2.75. The van der Waals surface area contributed by atoms with E-state index in [1.807, 2.05) is 6.07 Å². The third-order valence-electron chi connectivity index (χ3n) is 2.60. The lowest BCUT2D eigenvalue weighted by molar-refractivity contribution is 0.158. The van der Waals surface area contributed by atoms with Crippen molar-refractivity contribution in [3.8, 4) is 6.07 Å². The summed E-state index contributed by atoms with van der Waals surface area (Å²) in [7, 11) is -2.09. The number of ether oxygens (including phenoxy) is 1. The van der Waals surface area contributed by atoms with E-state index in [0.29, 0.717) is 11.1 Å². The van der Waals surface area contributed by atoms with Gasteiger partial charge in [0.05, 0.1) is 24.0 Å². The second-order valence-corrected chi connectivity index (χ2v) is 6.11. The number of hydrogen-bond donors (Lipinski definition) is 2. The summed E-state index contributed by atoms with van der Waals surface area (Å²) in [5.41, 5.74) is 0.957. The molecule has 7 heteroatoms. The molecule has 20 heavy (non-hydrogen) atoms. The van der Waals surface area contributed by atoms with Crippen molar-refractivity contribution >= 4 is 10.0 Å². The Labute approximate surface area is 119 Å². The first kappa shape index (κ1) is 16.6. The molecule has 0 bridgehead atoms. The first-order valence-electron chi connectivity index (χ1n) is 6.09. The Hall–Kier alpha value is -1.46. The number of aliphatic hydroxyl groups is 1. The van der Waals surface area contributed by atoms with Gasteiger partial charge >= 0.3 is 0 Å². The van der Waals surface area contributed by atoms with Crippen LogP contribution in [-0.4, -0.2) is 39.9 Å². The van der Waals surface area contributed by atoms with Gasteiger partial charge < -0.3 is 9.84 Å². The van der Waals surface area contributed by atoms with Crippen LogP contribution in [0.15, 0.2) is 24.3 Å². The largest absolute Gasteiger partial charge is 0.396 e. The van der Waals surface area contributed by atoms with Crippen LogP contribution >= 0.6 is 0 Å². The van der Waals surface area contributed by atoms with E-state index < -0.39 is 16.1 Å². The Bertz CT molecular complexity index is 560. The van der Waals surface area contributed by atoms with Gasteiger partial charge in [-0.15, -0.1) is 0 Å². The van der Waals surface area contributed by atoms with E-state index in [1.54, 1.807) is 18.2 Å². The minimum Gasteiger partial charge on any atom is -0.396 e. The van der Waals surface area contributed by atoms with Gasteiger partial charge in [-0.1, -0.05) is 12.1 Å². The smallest absolute Gasteiger partial charge is 0.216 e. The second-order valence-electron chi connectivity index (χ2n) is 4.35. The molecule has 0 saturated carbocycles. The molecule has 2 N–H and O–H groups in total. The summed E-state index contributed by atoms with van der Waals surface area (Å²) < 4.78 is 31.5. The number of aliphatic hydroxyl groups excluding tert-OH is 1. The van der Waals surface area contributed by atoms with Gasteiger partial charge in [0.2, 0.25) is 10.0 Å². The zero-order chi connectivity index (χ0) is 15.0. The number of methoxy groups -OCH3 is 1. The topological polar surface area (TPSA) is 99.4 Å². The van der Waals surface area contributed by atoms with Gasteiger partial charge in [-0.05, 0) is 24.1 Å². The van der Waals surface area contributed by atoms with E-state index in [0.717, 1.165) is 0 Å². The maximum absolute atomic E-state index is 12.0. The first-order valence-corrected chi connectivity index (χ1v) is 7.75. The lowest BCUT2D eigenvalue weighted by Crippen LogP contribution is -2.39. The zero-order valence-corrected chi connectivity index (χ0v) is 12.1. The molecule has 1 aromatic rings. The Morgan fingerprint density at radius 1 is 1.50 bits per heavy atom. The van der Waals surface area contributed by atoms with Gasteiger partial charge in [0, 0.05) is 19.8 Å². The number of nitrogens with zero attached hydrogens (tertiary/aromatic N) is 1. The first-order chi connectivity index (χ1) is 9.50. The third-order valence-corrected chi connectivity index (χ3v) is 4.01. The highest BCUT2D eigenvalue weighted by Crippen LogP contribution is 2.09. The molecule has 0 saturated heterocycles. The van der Waals surface area contributed by atoms with Crippen LogP contribution in [0.1, 0.15) is 17.5 Å². The maximum atomic E-state index is 12.0. The van der Waals surface area contributed by atoms with Crippen LogP contribution in [0, 0.1) is 11.3 Å². The molecule has 0 aliphatic carbocycles. The van der Waals surface area contributed by atoms with E-state index in [4.69, 9.17) is 15.1 Å². The van der Waals surface area contributed by atoms with Crippen molar-refractivity contribution in [1.29, 1.82) is 5.26 Å². The quantitative estimate of drug-likeness (QED) is 0.722. The summed E-state index contributed by atoms with van der Waals surface area (Å²) in [6.07, 6.45) is 0.283. The summed E-state index contributed by atoms with van der Waals surface area (Å²) in [5, 5.41) is 17.7. The van der Waals surface area contributed by atoms with Crippen LogP contribution in [0.5, 0.6) is 0 Å². The molecule has 0 amide bonds. The fourth-order valence-corrected chi connectivity index (χ4v) is 3.17. The van der Waals surface area contributed by atoms with Crippen LogP contribution in [-0.2, 0) is 20.5 Å². The summed E-state index contributed by atoms with van der Waals surface area (Å²) >= 11 is 0. The standard InChI is InChI=1S/C13H18N2O4S/c1-19-9-13(5-6-16)15-20(17,18)10-12-4-2-3-11(7-12)8-14/h2-4,7,13,15-16H,5-6,9-10H2,1H3. The monoisotopic (exact) mass is 298 g/mol. The third kappa shape index (κ3) is 5.67. The summed E-state index contributed by atoms with van der Waals surface area (Å²) in [6, 6.07) is 7.95. The number of nitrogens with one attached hydrogen (secondary N) is 1. The number of nitriles is 1. The Kier molecular flexibility index (Phi) is 6.61. The van der Waals surface area contributed by atoms with Crippen LogP contribution < -0.4 is 4.72 Å².